The lowest BCUT2D eigenvalue weighted by molar-refractivity contribution is 0.690. The summed E-state index contributed by atoms with van der Waals surface area (Å²) in [5.41, 5.74) is 3.50. The minimum Gasteiger partial charge on any atom is -0.308 e. The number of aromatic amines is 1. The highest BCUT2D eigenvalue weighted by Gasteiger charge is 2.01. The number of hydrogen-bond donors (Lipinski definition) is 2. The van der Waals surface area contributed by atoms with Gasteiger partial charge in [0.2, 0.25) is 0 Å². The smallest absolute Gasteiger partial charge is 0.0548 e. The van der Waals surface area contributed by atoms with E-state index in [2.05, 4.69) is 31.4 Å². The fourth-order valence-electron chi connectivity index (χ4n) is 1.54. The van der Waals surface area contributed by atoms with Crippen LogP contribution in [-0.2, 0) is 13.1 Å². The van der Waals surface area contributed by atoms with Crippen LogP contribution in [0.2, 0.25) is 5.02 Å². The Morgan fingerprint density at radius 2 is 2.24 bits per heavy atom. The summed E-state index contributed by atoms with van der Waals surface area (Å²) in [5, 5.41) is 11.0. The first-order chi connectivity index (χ1) is 8.16. The molecule has 0 aliphatic heterocycles. The average molecular weight is 315 g/mol. The predicted octanol–water partition coefficient (Wildman–Crippen LogP) is 3.42. The maximum atomic E-state index is 5.94. The Morgan fingerprint density at radius 3 is 2.88 bits per heavy atom. The molecule has 90 valence electrons. The minimum atomic E-state index is 0.736. The number of nitrogens with zero attached hydrogens (tertiary/aromatic N) is 1. The zero-order chi connectivity index (χ0) is 12.3. The second kappa shape index (κ2) is 5.67. The molecule has 0 unspecified atom stereocenters. The van der Waals surface area contributed by atoms with Crippen molar-refractivity contribution >= 4 is 27.5 Å². The number of benzene rings is 1. The fraction of sp³-hybridized carbons (Fsp3) is 0.250. The first-order valence-corrected chi connectivity index (χ1v) is 6.47. The molecule has 2 N–H and O–H groups in total. The van der Waals surface area contributed by atoms with Crippen LogP contribution < -0.4 is 5.32 Å². The number of hydrogen-bond acceptors (Lipinski definition) is 2. The monoisotopic (exact) mass is 313 g/mol. The number of aromatic nitrogens is 2. The van der Waals surface area contributed by atoms with Crippen LogP contribution in [0.1, 0.15) is 16.8 Å². The van der Waals surface area contributed by atoms with Gasteiger partial charge in [-0.15, -0.1) is 0 Å². The van der Waals surface area contributed by atoms with E-state index in [1.54, 1.807) is 0 Å². The zero-order valence-corrected chi connectivity index (χ0v) is 11.8. The first-order valence-electron chi connectivity index (χ1n) is 5.30. The number of H-pyrrole nitrogens is 1. The van der Waals surface area contributed by atoms with Gasteiger partial charge in [0.1, 0.15) is 0 Å². The molecule has 0 aliphatic carbocycles. The number of halogens is 2. The van der Waals surface area contributed by atoms with Crippen molar-refractivity contribution in [2.75, 3.05) is 0 Å². The SMILES string of the molecule is Cc1[nH]ncc1CNCc1ccc(Cl)c(Br)c1. The van der Waals surface area contributed by atoms with Crippen LogP contribution in [0.15, 0.2) is 28.9 Å². The van der Waals surface area contributed by atoms with Crippen molar-refractivity contribution in [3.8, 4) is 0 Å². The molecular formula is C12H13BrClN3. The molecule has 0 saturated heterocycles. The van der Waals surface area contributed by atoms with Crippen LogP contribution in [0.5, 0.6) is 0 Å². The number of nitrogens with one attached hydrogen (secondary N) is 2. The second-order valence-electron chi connectivity index (χ2n) is 3.87. The summed E-state index contributed by atoms with van der Waals surface area (Å²) >= 11 is 9.35. The quantitative estimate of drug-likeness (QED) is 0.908. The lowest BCUT2D eigenvalue weighted by Gasteiger charge is -2.05. The largest absolute Gasteiger partial charge is 0.308 e. The third-order valence-corrected chi connectivity index (χ3v) is 3.78. The molecule has 2 rings (SSSR count). The van der Waals surface area contributed by atoms with Crippen molar-refractivity contribution in [1.82, 2.24) is 15.5 Å². The molecule has 1 heterocycles. The molecule has 5 heteroatoms. The van der Waals surface area contributed by atoms with Crippen molar-refractivity contribution in [3.05, 3.63) is 50.7 Å². The van der Waals surface area contributed by atoms with Gasteiger partial charge in [-0.1, -0.05) is 17.7 Å². The molecule has 0 fully saturated rings. The summed E-state index contributed by atoms with van der Waals surface area (Å²) in [5.74, 6) is 0. The van der Waals surface area contributed by atoms with Crippen LogP contribution in [-0.4, -0.2) is 10.2 Å². The molecule has 2 aromatic rings. The fourth-order valence-corrected chi connectivity index (χ4v) is 2.09. The molecule has 0 aliphatic rings. The van der Waals surface area contributed by atoms with Crippen LogP contribution in [0.4, 0.5) is 0 Å². The number of rotatable bonds is 4. The van der Waals surface area contributed by atoms with Gasteiger partial charge < -0.3 is 5.32 Å². The highest BCUT2D eigenvalue weighted by atomic mass is 79.9. The van der Waals surface area contributed by atoms with E-state index in [0.717, 1.165) is 28.3 Å². The molecule has 0 bridgehead atoms. The highest BCUT2D eigenvalue weighted by molar-refractivity contribution is 9.10. The standard InChI is InChI=1S/C12H13BrClN3/c1-8-10(7-16-17-8)6-15-5-9-2-3-12(14)11(13)4-9/h2-4,7,15H,5-6H2,1H3,(H,16,17). The Hall–Kier alpha value is -0.840. The van der Waals surface area contributed by atoms with E-state index >= 15 is 0 Å². The molecule has 0 spiro atoms. The summed E-state index contributed by atoms with van der Waals surface area (Å²) in [6.45, 7) is 3.63. The summed E-state index contributed by atoms with van der Waals surface area (Å²) < 4.78 is 0.929. The van der Waals surface area contributed by atoms with Crippen LogP contribution in [0.3, 0.4) is 0 Å². The highest BCUT2D eigenvalue weighted by Crippen LogP contribution is 2.23. The van der Waals surface area contributed by atoms with Crippen molar-refractivity contribution < 1.29 is 0 Å². The Labute approximate surface area is 114 Å². The van der Waals surface area contributed by atoms with Gasteiger partial charge in [-0.3, -0.25) is 5.10 Å². The van der Waals surface area contributed by atoms with Gasteiger partial charge in [0.25, 0.3) is 0 Å². The molecule has 17 heavy (non-hydrogen) atoms. The number of aryl methyl sites for hydroxylation is 1. The van der Waals surface area contributed by atoms with E-state index in [0.29, 0.717) is 0 Å². The van der Waals surface area contributed by atoms with Crippen molar-refractivity contribution in [2.24, 2.45) is 0 Å². The van der Waals surface area contributed by atoms with Crippen molar-refractivity contribution in [2.45, 2.75) is 20.0 Å². The topological polar surface area (TPSA) is 40.7 Å². The Kier molecular flexibility index (Phi) is 4.20. The molecule has 0 amide bonds. The lowest BCUT2D eigenvalue weighted by atomic mass is 10.2. The molecule has 0 atom stereocenters. The predicted molar refractivity (Wildman–Crippen MR) is 73.0 cm³/mol. The molecule has 0 radical (unpaired) electrons. The van der Waals surface area contributed by atoms with Crippen LogP contribution in [0, 0.1) is 6.92 Å². The van der Waals surface area contributed by atoms with Crippen LogP contribution >= 0.6 is 27.5 Å². The minimum absolute atomic E-state index is 0.736. The molecule has 3 nitrogen and oxygen atoms in total. The summed E-state index contributed by atoms with van der Waals surface area (Å²) in [6, 6.07) is 5.94. The zero-order valence-electron chi connectivity index (χ0n) is 9.43. The molecular weight excluding hydrogens is 302 g/mol. The summed E-state index contributed by atoms with van der Waals surface area (Å²) in [7, 11) is 0. The van der Waals surface area contributed by atoms with E-state index in [1.165, 1.54) is 11.1 Å². The average Bonchev–Trinajstić information content (AvgIpc) is 2.70. The molecule has 0 saturated carbocycles. The van der Waals surface area contributed by atoms with Crippen LogP contribution in [0.25, 0.3) is 0 Å². The van der Waals surface area contributed by atoms with Gasteiger partial charge in [-0.05, 0) is 40.5 Å². The second-order valence-corrected chi connectivity index (χ2v) is 5.13. The third kappa shape index (κ3) is 3.31. The lowest BCUT2D eigenvalue weighted by Crippen LogP contribution is -2.12. The van der Waals surface area contributed by atoms with E-state index in [-0.39, 0.29) is 0 Å². The van der Waals surface area contributed by atoms with Crippen molar-refractivity contribution in [1.29, 1.82) is 0 Å². The maximum absolute atomic E-state index is 5.94. The Balaban J connectivity index is 1.90. The molecule has 1 aromatic carbocycles. The first kappa shape index (κ1) is 12.6. The van der Waals surface area contributed by atoms with E-state index in [4.69, 9.17) is 11.6 Å². The van der Waals surface area contributed by atoms with E-state index in [1.807, 2.05) is 31.3 Å². The Bertz CT molecular complexity index is 510. The van der Waals surface area contributed by atoms with Crippen molar-refractivity contribution in [3.63, 3.8) is 0 Å². The van der Waals surface area contributed by atoms with Gasteiger partial charge in [-0.25, -0.2) is 0 Å². The van der Waals surface area contributed by atoms with Gasteiger partial charge in [0.05, 0.1) is 11.2 Å². The third-order valence-electron chi connectivity index (χ3n) is 2.56. The summed E-state index contributed by atoms with van der Waals surface area (Å²) in [6.07, 6.45) is 1.85. The van der Waals surface area contributed by atoms with Gasteiger partial charge in [0.15, 0.2) is 0 Å². The van der Waals surface area contributed by atoms with E-state index < -0.39 is 0 Å². The van der Waals surface area contributed by atoms with E-state index in [9.17, 15) is 0 Å². The summed E-state index contributed by atoms with van der Waals surface area (Å²) in [4.78, 5) is 0. The normalized spacial score (nSPS) is 10.8. The van der Waals surface area contributed by atoms with Gasteiger partial charge in [0, 0.05) is 28.8 Å². The maximum Gasteiger partial charge on any atom is 0.0548 e. The van der Waals surface area contributed by atoms with Gasteiger partial charge >= 0.3 is 0 Å². The van der Waals surface area contributed by atoms with Gasteiger partial charge in [-0.2, -0.15) is 5.10 Å². The Morgan fingerprint density at radius 1 is 1.41 bits per heavy atom. The molecule has 1 aromatic heterocycles.